The van der Waals surface area contributed by atoms with Crippen molar-refractivity contribution in [2.24, 2.45) is 0 Å². The summed E-state index contributed by atoms with van der Waals surface area (Å²) in [6.07, 6.45) is 0.239. The summed E-state index contributed by atoms with van der Waals surface area (Å²) in [4.78, 5) is 30.0. The zero-order chi connectivity index (χ0) is 34.1. The lowest BCUT2D eigenvalue weighted by Gasteiger charge is -2.34. The monoisotopic (exact) mass is 655 g/mol. The third-order valence-electron chi connectivity index (χ3n) is 7.92. The van der Waals surface area contributed by atoms with Gasteiger partial charge in [0.2, 0.25) is 11.8 Å². The van der Waals surface area contributed by atoms with Gasteiger partial charge in [0.15, 0.2) is 0 Å². The van der Waals surface area contributed by atoms with Crippen molar-refractivity contribution in [2.45, 2.75) is 70.5 Å². The van der Waals surface area contributed by atoms with Crippen molar-refractivity contribution in [3.05, 3.63) is 125 Å². The van der Waals surface area contributed by atoms with Gasteiger partial charge in [0.05, 0.1) is 17.7 Å². The summed E-state index contributed by atoms with van der Waals surface area (Å²) in [5.41, 5.74) is 3.92. The lowest BCUT2D eigenvalue weighted by Crippen LogP contribution is -2.54. The fraction of sp³-hybridized carbons (Fsp3) is 0.316. The predicted octanol–water partition coefficient (Wildman–Crippen LogP) is 6.49. The average Bonchev–Trinajstić information content (AvgIpc) is 3.05. The van der Waals surface area contributed by atoms with E-state index >= 15 is 0 Å². The molecule has 4 rings (SSSR count). The molecule has 1 atom stereocenters. The second-order valence-electron chi connectivity index (χ2n) is 12.3. The van der Waals surface area contributed by atoms with Gasteiger partial charge in [-0.25, -0.2) is 8.42 Å². The van der Waals surface area contributed by atoms with Crippen LogP contribution >= 0.6 is 0 Å². The summed E-state index contributed by atoms with van der Waals surface area (Å²) in [7, 11) is -2.61. The number of hydrogen-bond donors (Lipinski definition) is 1. The lowest BCUT2D eigenvalue weighted by molar-refractivity contribution is -0.140. The van der Waals surface area contributed by atoms with Crippen LogP contribution in [0.4, 0.5) is 5.69 Å². The summed E-state index contributed by atoms with van der Waals surface area (Å²) in [5.74, 6) is 0.00460. The zero-order valence-electron chi connectivity index (χ0n) is 28.0. The number of carbonyl (C=O) groups is 2. The SMILES string of the molecule is COc1cccc(CN(C(=O)CN(c2ccc(C(C)C)cc2)S(=O)(=O)c2ccc(C)cc2)[C@@H](Cc2ccccc2)C(=O)NC(C)C)c1. The molecule has 47 heavy (non-hydrogen) atoms. The van der Waals surface area contributed by atoms with Gasteiger partial charge in [-0.3, -0.25) is 13.9 Å². The molecule has 0 fully saturated rings. The molecule has 0 saturated heterocycles. The van der Waals surface area contributed by atoms with Crippen LogP contribution in [-0.4, -0.2) is 50.9 Å². The molecule has 0 aliphatic carbocycles. The van der Waals surface area contributed by atoms with Crippen LogP contribution in [0.2, 0.25) is 0 Å². The molecule has 0 saturated carbocycles. The first-order valence-corrected chi connectivity index (χ1v) is 17.3. The Bertz CT molecular complexity index is 1740. The van der Waals surface area contributed by atoms with Crippen molar-refractivity contribution < 1.29 is 22.7 Å². The van der Waals surface area contributed by atoms with E-state index in [1.807, 2.05) is 81.4 Å². The van der Waals surface area contributed by atoms with Crippen LogP contribution < -0.4 is 14.4 Å². The molecule has 0 unspecified atom stereocenters. The number of ether oxygens (including phenoxy) is 1. The fourth-order valence-corrected chi connectivity index (χ4v) is 6.71. The number of hydrogen-bond acceptors (Lipinski definition) is 5. The number of sulfonamides is 1. The van der Waals surface area contributed by atoms with Crippen molar-refractivity contribution >= 4 is 27.5 Å². The molecule has 0 radical (unpaired) electrons. The number of amides is 2. The van der Waals surface area contributed by atoms with Gasteiger partial charge in [0, 0.05) is 19.0 Å². The van der Waals surface area contributed by atoms with Crippen LogP contribution in [0.3, 0.4) is 0 Å². The molecule has 4 aromatic carbocycles. The Kier molecular flexibility index (Phi) is 11.8. The van der Waals surface area contributed by atoms with Crippen molar-refractivity contribution in [3.8, 4) is 5.75 Å². The number of nitrogens with zero attached hydrogens (tertiary/aromatic N) is 2. The van der Waals surface area contributed by atoms with Crippen LogP contribution in [0, 0.1) is 6.92 Å². The van der Waals surface area contributed by atoms with Crippen LogP contribution in [0.5, 0.6) is 5.75 Å². The highest BCUT2D eigenvalue weighted by molar-refractivity contribution is 7.92. The van der Waals surface area contributed by atoms with Crippen LogP contribution in [0.1, 0.15) is 55.9 Å². The maximum Gasteiger partial charge on any atom is 0.264 e. The Morgan fingerprint density at radius 2 is 1.45 bits per heavy atom. The first kappa shape index (κ1) is 35.2. The first-order chi connectivity index (χ1) is 22.4. The number of carbonyl (C=O) groups excluding carboxylic acids is 2. The molecule has 9 heteroatoms. The Hall–Kier alpha value is -4.63. The maximum absolute atomic E-state index is 14.6. The van der Waals surface area contributed by atoms with E-state index in [9.17, 15) is 18.0 Å². The number of methoxy groups -OCH3 is 1. The third kappa shape index (κ3) is 9.23. The minimum absolute atomic E-state index is 0.0593. The van der Waals surface area contributed by atoms with Gasteiger partial charge in [-0.2, -0.15) is 0 Å². The highest BCUT2D eigenvalue weighted by atomic mass is 32.2. The zero-order valence-corrected chi connectivity index (χ0v) is 28.8. The minimum Gasteiger partial charge on any atom is -0.497 e. The van der Waals surface area contributed by atoms with Crippen molar-refractivity contribution in [3.63, 3.8) is 0 Å². The molecule has 8 nitrogen and oxygen atoms in total. The van der Waals surface area contributed by atoms with E-state index in [0.29, 0.717) is 11.4 Å². The van der Waals surface area contributed by atoms with E-state index in [2.05, 4.69) is 19.2 Å². The highest BCUT2D eigenvalue weighted by Gasteiger charge is 2.35. The number of anilines is 1. The van der Waals surface area contributed by atoms with E-state index in [0.717, 1.165) is 26.6 Å². The number of benzene rings is 4. The summed E-state index contributed by atoms with van der Waals surface area (Å²) in [6.45, 7) is 9.28. The predicted molar refractivity (Wildman–Crippen MR) is 187 cm³/mol. The van der Waals surface area contributed by atoms with Crippen LogP contribution in [-0.2, 0) is 32.6 Å². The molecule has 1 N–H and O–H groups in total. The third-order valence-corrected chi connectivity index (χ3v) is 9.71. The summed E-state index contributed by atoms with van der Waals surface area (Å²) < 4.78 is 35.1. The number of nitrogens with one attached hydrogen (secondary N) is 1. The molecule has 0 bridgehead atoms. The topological polar surface area (TPSA) is 96.0 Å². The average molecular weight is 656 g/mol. The Morgan fingerprint density at radius 1 is 0.809 bits per heavy atom. The maximum atomic E-state index is 14.6. The minimum atomic E-state index is -4.17. The highest BCUT2D eigenvalue weighted by Crippen LogP contribution is 2.27. The molecule has 4 aromatic rings. The molecule has 2 amide bonds. The Morgan fingerprint density at radius 3 is 2.04 bits per heavy atom. The second kappa shape index (κ2) is 15.8. The van der Waals surface area contributed by atoms with E-state index in [1.165, 1.54) is 4.90 Å². The van der Waals surface area contributed by atoms with Crippen molar-refractivity contribution in [1.82, 2.24) is 10.2 Å². The molecule has 0 heterocycles. The van der Waals surface area contributed by atoms with Gasteiger partial charge < -0.3 is 15.0 Å². The Balaban J connectivity index is 1.82. The summed E-state index contributed by atoms with van der Waals surface area (Å²) in [5, 5.41) is 2.98. The fourth-order valence-electron chi connectivity index (χ4n) is 5.29. The normalized spacial score (nSPS) is 12.1. The number of rotatable bonds is 14. The summed E-state index contributed by atoms with van der Waals surface area (Å²) in [6, 6.07) is 29.5. The van der Waals surface area contributed by atoms with Gasteiger partial charge in [-0.1, -0.05) is 86.1 Å². The van der Waals surface area contributed by atoms with E-state index in [4.69, 9.17) is 4.74 Å². The summed E-state index contributed by atoms with van der Waals surface area (Å²) >= 11 is 0. The quantitative estimate of drug-likeness (QED) is 0.168. The molecular formula is C38H45N3O5S. The van der Waals surface area contributed by atoms with Gasteiger partial charge in [0.25, 0.3) is 10.0 Å². The Labute approximate surface area is 279 Å². The van der Waals surface area contributed by atoms with Gasteiger partial charge >= 0.3 is 0 Å². The first-order valence-electron chi connectivity index (χ1n) is 15.8. The molecule has 0 aliphatic rings. The van der Waals surface area contributed by atoms with Gasteiger partial charge in [0.1, 0.15) is 18.3 Å². The standard InChI is InChI=1S/C38H45N3O5S/c1-27(2)32-17-19-33(20-18-32)41(47(44,45)35-21-15-29(5)16-22-35)26-37(42)40(25-31-13-10-14-34(23-31)46-6)36(38(43)39-28(3)4)24-30-11-8-7-9-12-30/h7-23,27-28,36H,24-26H2,1-6H3,(H,39,43)/t36-/m0/s1. The molecule has 0 aromatic heterocycles. The van der Waals surface area contributed by atoms with Crippen molar-refractivity contribution in [2.75, 3.05) is 18.0 Å². The largest absolute Gasteiger partial charge is 0.497 e. The van der Waals surface area contributed by atoms with Gasteiger partial charge in [-0.15, -0.1) is 0 Å². The van der Waals surface area contributed by atoms with Crippen LogP contribution in [0.15, 0.2) is 108 Å². The van der Waals surface area contributed by atoms with E-state index < -0.39 is 28.5 Å². The second-order valence-corrected chi connectivity index (χ2v) is 14.2. The molecule has 248 valence electrons. The van der Waals surface area contributed by atoms with Crippen LogP contribution in [0.25, 0.3) is 0 Å². The molecule has 0 aliphatic heterocycles. The smallest absolute Gasteiger partial charge is 0.264 e. The number of aryl methyl sites for hydroxylation is 1. The lowest BCUT2D eigenvalue weighted by atomic mass is 10.0. The molecule has 0 spiro atoms. The molecular weight excluding hydrogens is 611 g/mol. The van der Waals surface area contributed by atoms with E-state index in [-0.39, 0.29) is 35.7 Å². The van der Waals surface area contributed by atoms with Crippen molar-refractivity contribution in [1.29, 1.82) is 0 Å². The van der Waals surface area contributed by atoms with Gasteiger partial charge in [-0.05, 0) is 79.8 Å². The van der Waals surface area contributed by atoms with E-state index in [1.54, 1.807) is 49.6 Å².